The Morgan fingerprint density at radius 1 is 0.487 bits per heavy atom. The van der Waals surface area contributed by atoms with Crippen molar-refractivity contribution in [3.05, 3.63) is 255 Å². The first-order valence-corrected chi connectivity index (χ1v) is 28.2. The van der Waals surface area contributed by atoms with Crippen molar-refractivity contribution >= 4 is 58.1 Å². The van der Waals surface area contributed by atoms with Gasteiger partial charge in [0.05, 0.1) is 29.1 Å². The Morgan fingerprint density at radius 3 is 1.35 bits per heavy atom. The normalized spacial score (nSPS) is 20.8. The quantitative estimate of drug-likeness (QED) is 0.125. The van der Waals surface area contributed by atoms with Gasteiger partial charge in [0.25, 0.3) is 0 Å². The minimum Gasteiger partial charge on any atom is -0.328 e. The molecule has 12 heteroatoms. The second kappa shape index (κ2) is 23.7. The molecule has 0 aliphatic heterocycles. The number of benzene rings is 7. The van der Waals surface area contributed by atoms with Gasteiger partial charge >= 0.3 is 0 Å². The lowest BCUT2D eigenvalue weighted by atomic mass is 10.0. The van der Waals surface area contributed by atoms with Crippen LogP contribution in [0.3, 0.4) is 0 Å². The van der Waals surface area contributed by atoms with Crippen molar-refractivity contribution < 1.29 is 27.6 Å². The Hall–Kier alpha value is -6.79. The minimum atomic E-state index is -3.81. The number of halogens is 2. The van der Waals surface area contributed by atoms with Crippen molar-refractivity contribution in [2.45, 2.75) is 113 Å². The topological polar surface area (TPSA) is 112 Å². The molecule has 7 aromatic rings. The van der Waals surface area contributed by atoms with E-state index in [1.165, 1.54) is 33.4 Å². The number of aryl methyl sites for hydroxylation is 4. The van der Waals surface area contributed by atoms with Gasteiger partial charge in [-0.15, -0.1) is 31.4 Å². The largest absolute Gasteiger partial charge is 0.328 e. The van der Waals surface area contributed by atoms with Gasteiger partial charge in [0.1, 0.15) is 0 Å². The van der Waals surface area contributed by atoms with Crippen LogP contribution in [0.5, 0.6) is 0 Å². The number of sulfonamides is 1. The van der Waals surface area contributed by atoms with E-state index < -0.39 is 16.1 Å². The third-order valence-electron chi connectivity index (χ3n) is 16.7. The van der Waals surface area contributed by atoms with Crippen LogP contribution in [-0.2, 0) is 34.1 Å². The fraction of sp³-hybridized carbons (Fsp3) is 0.273. The summed E-state index contributed by atoms with van der Waals surface area (Å²) in [6, 6.07) is 55.0. The standard InChI is InChI=1S/C25H23NO3S.C21H21NO.C20H19NO2.2ClH/c1-17-10-13-19(14-11-17)30(28,29)26(23-15-12-18-6-2-3-7-20(18)23)24-16-25(27)22-9-5-4-8-21(22)24;1-2-13-22(19-12-11-15-7-3-4-8-16(15)19)20-14-21(23)18-10-6-5-9-17(18)20;1-13(22)21(18-11-10-14-6-2-3-7-15(14)18)19-12-20(23)17-9-5-4-8-16(17)19;;/h2-11,13-14,23-24H,12,15-16H2,1H3;2-10,19-20H,1,11-14H2;2-9,18-19H,10-12H2,1H3;2*1H. The van der Waals surface area contributed by atoms with E-state index in [9.17, 15) is 27.6 Å². The molecule has 7 aromatic carbocycles. The molecule has 1 amide bonds. The van der Waals surface area contributed by atoms with Crippen molar-refractivity contribution in [2.75, 3.05) is 6.54 Å². The van der Waals surface area contributed by atoms with E-state index in [4.69, 9.17) is 0 Å². The predicted molar refractivity (Wildman–Crippen MR) is 311 cm³/mol. The van der Waals surface area contributed by atoms with E-state index in [2.05, 4.69) is 60.0 Å². The summed E-state index contributed by atoms with van der Waals surface area (Å²) in [5.74, 6) is 0.460. The first kappa shape index (κ1) is 55.9. The number of hydrogen-bond acceptors (Lipinski definition) is 7. The highest BCUT2D eigenvalue weighted by Crippen LogP contribution is 2.49. The van der Waals surface area contributed by atoms with Crippen LogP contribution in [0.15, 0.2) is 187 Å². The van der Waals surface area contributed by atoms with Gasteiger partial charge in [-0.3, -0.25) is 24.1 Å². The molecule has 6 unspecified atom stereocenters. The van der Waals surface area contributed by atoms with Crippen molar-refractivity contribution in [3.8, 4) is 0 Å². The highest BCUT2D eigenvalue weighted by Gasteiger charge is 2.46. The molecule has 0 radical (unpaired) electrons. The predicted octanol–water partition coefficient (Wildman–Crippen LogP) is 14.2. The number of carbonyl (C=O) groups excluding carboxylic acids is 4. The van der Waals surface area contributed by atoms with E-state index in [-0.39, 0.29) is 83.6 Å². The van der Waals surface area contributed by atoms with Crippen molar-refractivity contribution in [1.82, 2.24) is 14.1 Å². The summed E-state index contributed by atoms with van der Waals surface area (Å²) >= 11 is 0. The molecular formula is C66H65Cl2N3O6S. The molecule has 6 atom stereocenters. The molecule has 0 N–H and O–H groups in total. The average molecular weight is 1100 g/mol. The van der Waals surface area contributed by atoms with Crippen LogP contribution in [-0.4, -0.2) is 52.3 Å². The number of amides is 1. The van der Waals surface area contributed by atoms with E-state index in [1.807, 2.05) is 121 Å². The first-order valence-electron chi connectivity index (χ1n) is 26.8. The highest BCUT2D eigenvalue weighted by molar-refractivity contribution is 7.89. The SMILES string of the molecule is C=CCN(C1CCc2ccccc21)C1CC(=O)c2ccccc21.CC(=O)N(C1CCc2ccccc21)C1CC(=O)c2ccccc21.Cc1ccc(S(=O)(=O)N(C2CCc3ccccc32)C2CC(=O)c3ccccc32)cc1.Cl.Cl. The van der Waals surface area contributed by atoms with Crippen molar-refractivity contribution in [2.24, 2.45) is 0 Å². The molecule has 400 valence electrons. The van der Waals surface area contributed by atoms with Crippen molar-refractivity contribution in [1.29, 1.82) is 0 Å². The van der Waals surface area contributed by atoms with Crippen LogP contribution in [0.1, 0.15) is 168 Å². The molecule has 0 aromatic heterocycles. The van der Waals surface area contributed by atoms with Gasteiger partial charge in [0, 0.05) is 61.5 Å². The number of fused-ring (bicyclic) bond motifs is 6. The molecule has 13 rings (SSSR count). The monoisotopic (exact) mass is 1100 g/mol. The molecule has 0 saturated carbocycles. The molecule has 6 aliphatic carbocycles. The van der Waals surface area contributed by atoms with Crippen LogP contribution in [0, 0.1) is 6.92 Å². The molecule has 0 fully saturated rings. The van der Waals surface area contributed by atoms with Crippen LogP contribution < -0.4 is 0 Å². The summed E-state index contributed by atoms with van der Waals surface area (Å²) < 4.78 is 29.5. The molecule has 0 bridgehead atoms. The second-order valence-corrected chi connectivity index (χ2v) is 22.9. The lowest BCUT2D eigenvalue weighted by Gasteiger charge is -2.34. The summed E-state index contributed by atoms with van der Waals surface area (Å²) in [6.45, 7) is 8.31. The highest BCUT2D eigenvalue weighted by atomic mass is 35.5. The zero-order valence-corrected chi connectivity index (χ0v) is 46.5. The molecule has 78 heavy (non-hydrogen) atoms. The van der Waals surface area contributed by atoms with Gasteiger partial charge in [-0.25, -0.2) is 8.42 Å². The summed E-state index contributed by atoms with van der Waals surface area (Å²) in [6.07, 6.45) is 8.87. The Balaban J connectivity index is 0.000000142. The first-order chi connectivity index (χ1) is 36.9. The minimum absolute atomic E-state index is 0. The molecule has 0 saturated heterocycles. The van der Waals surface area contributed by atoms with Gasteiger partial charge in [0.15, 0.2) is 17.3 Å². The fourth-order valence-corrected chi connectivity index (χ4v) is 15.0. The van der Waals surface area contributed by atoms with Gasteiger partial charge < -0.3 is 4.90 Å². The molecular weight excluding hydrogens is 1030 g/mol. The maximum absolute atomic E-state index is 14.0. The van der Waals surface area contributed by atoms with E-state index in [0.29, 0.717) is 24.4 Å². The lowest BCUT2D eigenvalue weighted by molar-refractivity contribution is -0.134. The maximum Gasteiger partial charge on any atom is 0.244 e. The zero-order chi connectivity index (χ0) is 52.7. The third kappa shape index (κ3) is 10.5. The zero-order valence-electron chi connectivity index (χ0n) is 44.0. The van der Waals surface area contributed by atoms with Crippen LogP contribution >= 0.6 is 24.8 Å². The summed E-state index contributed by atoms with van der Waals surface area (Å²) in [5, 5.41) is 0. The van der Waals surface area contributed by atoms with Gasteiger partial charge in [-0.1, -0.05) is 169 Å². The van der Waals surface area contributed by atoms with E-state index in [1.54, 1.807) is 29.4 Å². The molecule has 0 spiro atoms. The van der Waals surface area contributed by atoms with E-state index >= 15 is 0 Å². The Kier molecular flexibility index (Phi) is 17.0. The Morgan fingerprint density at radius 2 is 0.859 bits per heavy atom. The average Bonchev–Trinajstić information content (AvgIpc) is 4.40. The maximum atomic E-state index is 14.0. The van der Waals surface area contributed by atoms with Crippen LogP contribution in [0.25, 0.3) is 0 Å². The van der Waals surface area contributed by atoms with Crippen molar-refractivity contribution in [3.63, 3.8) is 0 Å². The van der Waals surface area contributed by atoms with Crippen LogP contribution in [0.4, 0.5) is 0 Å². The number of rotatable bonds is 10. The smallest absolute Gasteiger partial charge is 0.244 e. The number of carbonyl (C=O) groups is 4. The molecule has 0 heterocycles. The molecule has 6 aliphatic rings. The Bertz CT molecular complexity index is 3530. The van der Waals surface area contributed by atoms with Gasteiger partial charge in [-0.2, -0.15) is 4.31 Å². The lowest BCUT2D eigenvalue weighted by Crippen LogP contribution is -2.37. The number of Topliss-reactive ketones (excluding diaryl/α,β-unsaturated/α-hetero) is 3. The third-order valence-corrected chi connectivity index (χ3v) is 18.6. The summed E-state index contributed by atoms with van der Waals surface area (Å²) in [5.41, 5.74) is 14.0. The second-order valence-electron chi connectivity index (χ2n) is 21.0. The van der Waals surface area contributed by atoms with Gasteiger partial charge in [0.2, 0.25) is 15.9 Å². The number of nitrogens with zero attached hydrogens (tertiary/aromatic N) is 3. The van der Waals surface area contributed by atoms with E-state index in [0.717, 1.165) is 78.5 Å². The fourth-order valence-electron chi connectivity index (χ4n) is 13.2. The molecule has 9 nitrogen and oxygen atoms in total. The number of hydrogen-bond donors (Lipinski definition) is 0. The van der Waals surface area contributed by atoms with Gasteiger partial charge in [-0.05, 0) is 108 Å². The summed E-state index contributed by atoms with van der Waals surface area (Å²) in [4.78, 5) is 54.6. The Labute approximate surface area is 471 Å². The number of ketones is 3. The summed E-state index contributed by atoms with van der Waals surface area (Å²) in [7, 11) is -3.81. The van der Waals surface area contributed by atoms with Crippen LogP contribution in [0.2, 0.25) is 0 Å².